The molecule has 0 bridgehead atoms. The van der Waals surface area contributed by atoms with Crippen LogP contribution in [0.5, 0.6) is 0 Å². The molecular formula is C12H25NO5. The van der Waals surface area contributed by atoms with E-state index in [9.17, 15) is 4.79 Å². The van der Waals surface area contributed by atoms with Crippen LogP contribution in [0.1, 0.15) is 13.8 Å². The van der Waals surface area contributed by atoms with E-state index < -0.39 is 0 Å². The first kappa shape index (κ1) is 17.3. The number of hydrogen-bond donors (Lipinski definition) is 1. The van der Waals surface area contributed by atoms with E-state index in [0.29, 0.717) is 52.8 Å². The summed E-state index contributed by atoms with van der Waals surface area (Å²) in [5.41, 5.74) is 0. The Morgan fingerprint density at radius 2 is 1.28 bits per heavy atom. The summed E-state index contributed by atoms with van der Waals surface area (Å²) in [4.78, 5) is 10.5. The van der Waals surface area contributed by atoms with E-state index in [1.165, 1.54) is 6.92 Å². The normalized spacial score (nSPS) is 10.6. The zero-order valence-corrected chi connectivity index (χ0v) is 11.4. The third-order valence-corrected chi connectivity index (χ3v) is 1.94. The lowest BCUT2D eigenvalue weighted by Gasteiger charge is -2.07. The number of carbonyl (C=O) groups excluding carboxylic acids is 1. The van der Waals surface area contributed by atoms with Gasteiger partial charge in [0.05, 0.1) is 46.2 Å². The quantitative estimate of drug-likeness (QED) is 0.481. The number of carbonyl (C=O) groups is 1. The van der Waals surface area contributed by atoms with Crippen molar-refractivity contribution in [1.29, 1.82) is 0 Å². The molecule has 6 heteroatoms. The van der Waals surface area contributed by atoms with Crippen molar-refractivity contribution in [3.8, 4) is 0 Å². The average molecular weight is 263 g/mol. The van der Waals surface area contributed by atoms with Gasteiger partial charge in [-0.3, -0.25) is 4.79 Å². The molecule has 6 nitrogen and oxygen atoms in total. The van der Waals surface area contributed by atoms with Crippen LogP contribution in [0.2, 0.25) is 0 Å². The Labute approximate surface area is 109 Å². The number of amides is 1. The fraction of sp³-hybridized carbons (Fsp3) is 0.917. The van der Waals surface area contributed by atoms with Crippen LogP contribution in [0.25, 0.3) is 0 Å². The Kier molecular flexibility index (Phi) is 13.8. The molecule has 0 radical (unpaired) electrons. The summed E-state index contributed by atoms with van der Waals surface area (Å²) in [6.45, 7) is 8.61. The predicted octanol–water partition coefficient (Wildman–Crippen LogP) is 0.209. The summed E-state index contributed by atoms with van der Waals surface area (Å²) in [5, 5.41) is 2.64. The number of ether oxygens (including phenoxy) is 4. The molecule has 0 aromatic heterocycles. The highest BCUT2D eigenvalue weighted by Crippen LogP contribution is 1.82. The lowest BCUT2D eigenvalue weighted by molar-refractivity contribution is -0.119. The van der Waals surface area contributed by atoms with Crippen LogP contribution >= 0.6 is 0 Å². The molecule has 0 aliphatic heterocycles. The van der Waals surface area contributed by atoms with Gasteiger partial charge in [0.2, 0.25) is 5.91 Å². The van der Waals surface area contributed by atoms with Crippen molar-refractivity contribution in [2.45, 2.75) is 13.8 Å². The SMILES string of the molecule is CCOCCOCCOCCOCCNC(C)=O. The fourth-order valence-corrected chi connectivity index (χ4v) is 1.10. The highest BCUT2D eigenvalue weighted by atomic mass is 16.6. The zero-order valence-electron chi connectivity index (χ0n) is 11.4. The minimum Gasteiger partial charge on any atom is -0.379 e. The largest absolute Gasteiger partial charge is 0.379 e. The zero-order chi connectivity index (χ0) is 13.5. The third-order valence-electron chi connectivity index (χ3n) is 1.94. The summed E-state index contributed by atoms with van der Waals surface area (Å²) in [6.07, 6.45) is 0. The first-order valence-electron chi connectivity index (χ1n) is 6.32. The molecule has 0 fully saturated rings. The van der Waals surface area contributed by atoms with Gasteiger partial charge in [0, 0.05) is 20.1 Å². The van der Waals surface area contributed by atoms with Crippen molar-refractivity contribution in [2.75, 3.05) is 59.4 Å². The number of hydrogen-bond acceptors (Lipinski definition) is 5. The van der Waals surface area contributed by atoms with Crippen LogP contribution in [0.3, 0.4) is 0 Å². The highest BCUT2D eigenvalue weighted by molar-refractivity contribution is 5.72. The first-order valence-corrected chi connectivity index (χ1v) is 6.32. The van der Waals surface area contributed by atoms with E-state index in [1.807, 2.05) is 6.92 Å². The van der Waals surface area contributed by atoms with Crippen molar-refractivity contribution in [1.82, 2.24) is 5.32 Å². The van der Waals surface area contributed by atoms with Gasteiger partial charge in [0.25, 0.3) is 0 Å². The molecule has 0 atom stereocenters. The Morgan fingerprint density at radius 3 is 1.72 bits per heavy atom. The van der Waals surface area contributed by atoms with Crippen molar-refractivity contribution < 1.29 is 23.7 Å². The second-order valence-corrected chi connectivity index (χ2v) is 3.52. The molecular weight excluding hydrogens is 238 g/mol. The van der Waals surface area contributed by atoms with E-state index in [-0.39, 0.29) is 5.91 Å². The molecule has 0 spiro atoms. The van der Waals surface area contributed by atoms with Gasteiger partial charge in [-0.15, -0.1) is 0 Å². The van der Waals surface area contributed by atoms with Crippen LogP contribution < -0.4 is 5.32 Å². The van der Waals surface area contributed by atoms with Gasteiger partial charge < -0.3 is 24.3 Å². The van der Waals surface area contributed by atoms with Gasteiger partial charge in [-0.2, -0.15) is 0 Å². The van der Waals surface area contributed by atoms with Crippen molar-refractivity contribution in [2.24, 2.45) is 0 Å². The summed E-state index contributed by atoms with van der Waals surface area (Å²) >= 11 is 0. The smallest absolute Gasteiger partial charge is 0.216 e. The standard InChI is InChI=1S/C12H25NO5/c1-3-15-6-7-17-10-11-18-9-8-16-5-4-13-12(2)14/h3-11H2,1-2H3,(H,13,14). The van der Waals surface area contributed by atoms with Gasteiger partial charge in [-0.1, -0.05) is 0 Å². The average Bonchev–Trinajstić information content (AvgIpc) is 2.34. The van der Waals surface area contributed by atoms with Gasteiger partial charge in [0.1, 0.15) is 0 Å². The molecule has 0 aliphatic carbocycles. The van der Waals surface area contributed by atoms with Crippen LogP contribution in [-0.4, -0.2) is 65.3 Å². The van der Waals surface area contributed by atoms with E-state index >= 15 is 0 Å². The van der Waals surface area contributed by atoms with E-state index in [2.05, 4.69) is 5.32 Å². The lowest BCUT2D eigenvalue weighted by atomic mass is 10.6. The number of rotatable bonds is 13. The molecule has 18 heavy (non-hydrogen) atoms. The van der Waals surface area contributed by atoms with Gasteiger partial charge in [-0.05, 0) is 6.92 Å². The molecule has 0 aromatic rings. The summed E-state index contributed by atoms with van der Waals surface area (Å²) in [5.74, 6) is -0.0425. The lowest BCUT2D eigenvalue weighted by Crippen LogP contribution is -2.25. The molecule has 1 N–H and O–H groups in total. The maximum absolute atomic E-state index is 10.5. The Hall–Kier alpha value is -0.690. The minimum atomic E-state index is -0.0425. The Balaban J connectivity index is 2.92. The van der Waals surface area contributed by atoms with E-state index in [1.54, 1.807) is 0 Å². The molecule has 0 saturated carbocycles. The van der Waals surface area contributed by atoms with Crippen molar-refractivity contribution in [3.63, 3.8) is 0 Å². The first-order chi connectivity index (χ1) is 8.77. The summed E-state index contributed by atoms with van der Waals surface area (Å²) in [6, 6.07) is 0. The molecule has 1 amide bonds. The maximum Gasteiger partial charge on any atom is 0.216 e. The monoisotopic (exact) mass is 263 g/mol. The van der Waals surface area contributed by atoms with Gasteiger partial charge in [-0.25, -0.2) is 0 Å². The van der Waals surface area contributed by atoms with Crippen molar-refractivity contribution >= 4 is 5.91 Å². The van der Waals surface area contributed by atoms with Crippen LogP contribution in [0.15, 0.2) is 0 Å². The highest BCUT2D eigenvalue weighted by Gasteiger charge is 1.93. The Morgan fingerprint density at radius 1 is 0.833 bits per heavy atom. The minimum absolute atomic E-state index is 0.0425. The predicted molar refractivity (Wildman–Crippen MR) is 67.6 cm³/mol. The van der Waals surface area contributed by atoms with Gasteiger partial charge >= 0.3 is 0 Å². The number of nitrogens with one attached hydrogen (secondary N) is 1. The molecule has 0 aliphatic rings. The third kappa shape index (κ3) is 15.3. The Bertz CT molecular complexity index is 189. The summed E-state index contributed by atoms with van der Waals surface area (Å²) < 4.78 is 20.9. The topological polar surface area (TPSA) is 66.0 Å². The van der Waals surface area contributed by atoms with Crippen LogP contribution in [0, 0.1) is 0 Å². The molecule has 0 saturated heterocycles. The maximum atomic E-state index is 10.5. The van der Waals surface area contributed by atoms with Crippen molar-refractivity contribution in [3.05, 3.63) is 0 Å². The van der Waals surface area contributed by atoms with Crippen LogP contribution in [0.4, 0.5) is 0 Å². The molecule has 0 rings (SSSR count). The van der Waals surface area contributed by atoms with E-state index in [4.69, 9.17) is 18.9 Å². The fourth-order valence-electron chi connectivity index (χ4n) is 1.10. The molecule has 0 heterocycles. The second-order valence-electron chi connectivity index (χ2n) is 3.52. The van der Waals surface area contributed by atoms with E-state index in [0.717, 1.165) is 6.61 Å². The molecule has 108 valence electrons. The van der Waals surface area contributed by atoms with Gasteiger partial charge in [0.15, 0.2) is 0 Å². The molecule has 0 unspecified atom stereocenters. The summed E-state index contributed by atoms with van der Waals surface area (Å²) in [7, 11) is 0. The molecule has 0 aromatic carbocycles. The van der Waals surface area contributed by atoms with Crippen LogP contribution in [-0.2, 0) is 23.7 Å². The second kappa shape index (κ2) is 14.4.